The summed E-state index contributed by atoms with van der Waals surface area (Å²) in [7, 11) is 0. The standard InChI is InChI=1S/C19H28N2OS/c1-15(2)23-18-10-6-5-9-17(18)19(22)21-13-11-20(12-14-21)16-7-3-4-8-16/h5-6,9-10,15-16H,3-4,7-8,11-14H2,1-2H3. The van der Waals surface area contributed by atoms with Crippen molar-refractivity contribution in [2.75, 3.05) is 26.2 Å². The number of piperazine rings is 1. The summed E-state index contributed by atoms with van der Waals surface area (Å²) in [5.41, 5.74) is 0.875. The molecule has 1 saturated heterocycles. The first-order valence-corrected chi connectivity index (χ1v) is 9.82. The Morgan fingerprint density at radius 3 is 2.39 bits per heavy atom. The first-order chi connectivity index (χ1) is 11.1. The fourth-order valence-corrected chi connectivity index (χ4v) is 4.68. The van der Waals surface area contributed by atoms with Gasteiger partial charge >= 0.3 is 0 Å². The third-order valence-electron chi connectivity index (χ3n) is 4.92. The van der Waals surface area contributed by atoms with Crippen molar-refractivity contribution in [2.45, 2.75) is 55.7 Å². The molecule has 4 heteroatoms. The van der Waals surface area contributed by atoms with E-state index in [9.17, 15) is 4.79 Å². The fraction of sp³-hybridized carbons (Fsp3) is 0.632. The Balaban J connectivity index is 1.63. The van der Waals surface area contributed by atoms with E-state index in [0.717, 1.165) is 42.7 Å². The molecule has 2 aliphatic rings. The summed E-state index contributed by atoms with van der Waals surface area (Å²) < 4.78 is 0. The topological polar surface area (TPSA) is 23.6 Å². The van der Waals surface area contributed by atoms with Crippen LogP contribution in [0.1, 0.15) is 49.9 Å². The monoisotopic (exact) mass is 332 g/mol. The van der Waals surface area contributed by atoms with Gasteiger partial charge in [-0.2, -0.15) is 0 Å². The molecule has 23 heavy (non-hydrogen) atoms. The zero-order valence-electron chi connectivity index (χ0n) is 14.3. The quantitative estimate of drug-likeness (QED) is 0.782. The lowest BCUT2D eigenvalue weighted by atomic mass is 10.1. The fourth-order valence-electron chi connectivity index (χ4n) is 3.73. The third-order valence-corrected chi connectivity index (χ3v) is 6.00. The van der Waals surface area contributed by atoms with Crippen LogP contribution in [-0.4, -0.2) is 53.2 Å². The van der Waals surface area contributed by atoms with E-state index in [1.54, 1.807) is 11.8 Å². The first-order valence-electron chi connectivity index (χ1n) is 8.94. The van der Waals surface area contributed by atoms with Gasteiger partial charge in [-0.25, -0.2) is 0 Å². The third kappa shape index (κ3) is 4.10. The van der Waals surface area contributed by atoms with E-state index in [1.165, 1.54) is 25.7 Å². The van der Waals surface area contributed by atoms with Gasteiger partial charge in [-0.15, -0.1) is 11.8 Å². The molecule has 2 fully saturated rings. The van der Waals surface area contributed by atoms with Crippen molar-refractivity contribution in [3.05, 3.63) is 29.8 Å². The van der Waals surface area contributed by atoms with E-state index >= 15 is 0 Å². The van der Waals surface area contributed by atoms with Crippen molar-refractivity contribution in [3.63, 3.8) is 0 Å². The van der Waals surface area contributed by atoms with Crippen LogP contribution in [0.5, 0.6) is 0 Å². The summed E-state index contributed by atoms with van der Waals surface area (Å²) in [5.74, 6) is 0.208. The van der Waals surface area contributed by atoms with Crippen LogP contribution in [0, 0.1) is 0 Å². The molecule has 0 aromatic heterocycles. The van der Waals surface area contributed by atoms with E-state index < -0.39 is 0 Å². The molecular formula is C19H28N2OS. The Bertz CT molecular complexity index is 532. The predicted octanol–water partition coefficient (Wildman–Crippen LogP) is 3.89. The van der Waals surface area contributed by atoms with Gasteiger partial charge in [-0.1, -0.05) is 38.8 Å². The Morgan fingerprint density at radius 1 is 1.09 bits per heavy atom. The zero-order chi connectivity index (χ0) is 16.2. The molecule has 3 nitrogen and oxygen atoms in total. The maximum absolute atomic E-state index is 12.9. The van der Waals surface area contributed by atoms with Crippen molar-refractivity contribution >= 4 is 17.7 Å². The summed E-state index contributed by atoms with van der Waals surface area (Å²) >= 11 is 1.78. The van der Waals surface area contributed by atoms with E-state index in [4.69, 9.17) is 0 Å². The largest absolute Gasteiger partial charge is 0.336 e. The van der Waals surface area contributed by atoms with Crippen LogP contribution < -0.4 is 0 Å². The van der Waals surface area contributed by atoms with Gasteiger partial charge in [0, 0.05) is 42.4 Å². The van der Waals surface area contributed by atoms with Crippen molar-refractivity contribution in [2.24, 2.45) is 0 Å². The van der Waals surface area contributed by atoms with Crippen LogP contribution in [0.25, 0.3) is 0 Å². The molecule has 1 saturated carbocycles. The summed E-state index contributed by atoms with van der Waals surface area (Å²) in [6.07, 6.45) is 5.46. The predicted molar refractivity (Wildman–Crippen MR) is 97.2 cm³/mol. The first kappa shape index (κ1) is 16.8. The van der Waals surface area contributed by atoms with Crippen molar-refractivity contribution in [1.82, 2.24) is 9.80 Å². The number of nitrogens with zero attached hydrogens (tertiary/aromatic N) is 2. The molecule has 1 aliphatic carbocycles. The number of carbonyl (C=O) groups is 1. The summed E-state index contributed by atoms with van der Waals surface area (Å²) in [6, 6.07) is 8.84. The highest BCUT2D eigenvalue weighted by molar-refractivity contribution is 8.00. The molecule has 0 unspecified atom stereocenters. The normalized spacial score (nSPS) is 20.4. The van der Waals surface area contributed by atoms with E-state index in [2.05, 4.69) is 24.8 Å². The smallest absolute Gasteiger partial charge is 0.255 e. The van der Waals surface area contributed by atoms with Crippen molar-refractivity contribution in [3.8, 4) is 0 Å². The highest BCUT2D eigenvalue weighted by atomic mass is 32.2. The highest BCUT2D eigenvalue weighted by Crippen LogP contribution is 2.28. The Morgan fingerprint density at radius 2 is 1.74 bits per heavy atom. The van der Waals surface area contributed by atoms with Crippen LogP contribution >= 0.6 is 11.8 Å². The van der Waals surface area contributed by atoms with Crippen LogP contribution in [0.2, 0.25) is 0 Å². The molecule has 0 N–H and O–H groups in total. The Hall–Kier alpha value is -1.00. The Kier molecular flexibility index (Phi) is 5.65. The minimum atomic E-state index is 0.208. The number of rotatable bonds is 4. The second kappa shape index (κ2) is 7.71. The molecule has 1 aromatic rings. The van der Waals surface area contributed by atoms with Gasteiger partial charge in [0.1, 0.15) is 0 Å². The number of benzene rings is 1. The lowest BCUT2D eigenvalue weighted by Gasteiger charge is -2.38. The number of hydrogen-bond acceptors (Lipinski definition) is 3. The lowest BCUT2D eigenvalue weighted by Crippen LogP contribution is -2.51. The number of thioether (sulfide) groups is 1. The molecule has 1 aliphatic heterocycles. The summed E-state index contributed by atoms with van der Waals surface area (Å²) in [5, 5.41) is 0.489. The van der Waals surface area contributed by atoms with Gasteiger partial charge < -0.3 is 4.90 Å². The second-order valence-corrected chi connectivity index (χ2v) is 8.55. The molecule has 0 spiro atoms. The van der Waals surface area contributed by atoms with Gasteiger partial charge in [0.15, 0.2) is 0 Å². The molecule has 0 atom stereocenters. The molecule has 0 radical (unpaired) electrons. The number of carbonyl (C=O) groups excluding carboxylic acids is 1. The van der Waals surface area contributed by atoms with Gasteiger partial charge in [-0.3, -0.25) is 9.69 Å². The lowest BCUT2D eigenvalue weighted by molar-refractivity contribution is 0.0570. The van der Waals surface area contributed by atoms with Gasteiger partial charge in [0.05, 0.1) is 5.56 Å². The Labute approximate surface area is 144 Å². The van der Waals surface area contributed by atoms with Crippen molar-refractivity contribution in [1.29, 1.82) is 0 Å². The van der Waals surface area contributed by atoms with E-state index in [0.29, 0.717) is 5.25 Å². The molecule has 1 heterocycles. The zero-order valence-corrected chi connectivity index (χ0v) is 15.1. The van der Waals surface area contributed by atoms with Crippen molar-refractivity contribution < 1.29 is 4.79 Å². The summed E-state index contributed by atoms with van der Waals surface area (Å²) in [4.78, 5) is 18.7. The molecule has 1 aromatic carbocycles. The van der Waals surface area contributed by atoms with E-state index in [-0.39, 0.29) is 5.91 Å². The second-order valence-electron chi connectivity index (χ2n) is 6.93. The summed E-state index contributed by atoms with van der Waals surface area (Å²) in [6.45, 7) is 8.16. The molecule has 126 valence electrons. The molecule has 3 rings (SSSR count). The SMILES string of the molecule is CC(C)Sc1ccccc1C(=O)N1CCN(C2CCCC2)CC1. The average Bonchev–Trinajstić information content (AvgIpc) is 3.09. The van der Waals surface area contributed by atoms with Crippen LogP contribution in [-0.2, 0) is 0 Å². The van der Waals surface area contributed by atoms with Crippen LogP contribution in [0.4, 0.5) is 0 Å². The molecule has 0 bridgehead atoms. The maximum atomic E-state index is 12.9. The maximum Gasteiger partial charge on any atom is 0.255 e. The van der Waals surface area contributed by atoms with Crippen LogP contribution in [0.3, 0.4) is 0 Å². The average molecular weight is 333 g/mol. The van der Waals surface area contributed by atoms with Crippen LogP contribution in [0.15, 0.2) is 29.2 Å². The number of hydrogen-bond donors (Lipinski definition) is 0. The minimum Gasteiger partial charge on any atom is -0.336 e. The van der Waals surface area contributed by atoms with Gasteiger partial charge in [0.2, 0.25) is 0 Å². The molecular weight excluding hydrogens is 304 g/mol. The van der Waals surface area contributed by atoms with Gasteiger partial charge in [0.25, 0.3) is 5.91 Å². The van der Waals surface area contributed by atoms with E-state index in [1.807, 2.05) is 23.1 Å². The molecule has 1 amide bonds. The highest BCUT2D eigenvalue weighted by Gasteiger charge is 2.28. The minimum absolute atomic E-state index is 0.208. The van der Waals surface area contributed by atoms with Gasteiger partial charge in [-0.05, 0) is 25.0 Å². The number of amides is 1.